The number of carbonyl (C=O) groups is 3. The molecule has 0 fully saturated rings. The number of nitrogens with one attached hydrogen (secondary N) is 1. The highest BCUT2D eigenvalue weighted by Crippen LogP contribution is 2.30. The summed E-state index contributed by atoms with van der Waals surface area (Å²) in [6.07, 6.45) is 0.843. The molecule has 8 heteroatoms. The molecule has 1 aliphatic rings. The average Bonchev–Trinajstić information content (AvgIpc) is 3.04. The van der Waals surface area contributed by atoms with Crippen molar-refractivity contribution in [2.45, 2.75) is 13.3 Å². The van der Waals surface area contributed by atoms with Crippen LogP contribution in [0.4, 0.5) is 11.4 Å². The highest BCUT2D eigenvalue weighted by molar-refractivity contribution is 6.53. The first kappa shape index (κ1) is 22.6. The van der Waals surface area contributed by atoms with Crippen LogP contribution in [-0.2, 0) is 16.0 Å². The van der Waals surface area contributed by atoms with Crippen LogP contribution in [0.5, 0.6) is 5.75 Å². The fraction of sp³-hybridized carbons (Fsp3) is 0.0800. The minimum absolute atomic E-state index is 0.0346. The lowest BCUT2D eigenvalue weighted by Crippen LogP contribution is -2.32. The van der Waals surface area contributed by atoms with Crippen LogP contribution in [-0.4, -0.2) is 17.8 Å². The van der Waals surface area contributed by atoms with Crippen molar-refractivity contribution in [3.63, 3.8) is 0 Å². The van der Waals surface area contributed by atoms with E-state index in [4.69, 9.17) is 27.9 Å². The van der Waals surface area contributed by atoms with Gasteiger partial charge in [0.05, 0.1) is 16.3 Å². The number of nitrogens with zero attached hydrogens (tertiary/aromatic N) is 1. The van der Waals surface area contributed by atoms with Crippen LogP contribution >= 0.6 is 23.2 Å². The lowest BCUT2D eigenvalue weighted by Gasteiger charge is -2.15. The summed E-state index contributed by atoms with van der Waals surface area (Å²) in [5, 5.41) is 3.00. The Bertz CT molecular complexity index is 1270. The van der Waals surface area contributed by atoms with Gasteiger partial charge in [-0.1, -0.05) is 54.4 Å². The van der Waals surface area contributed by atoms with Crippen molar-refractivity contribution in [1.29, 1.82) is 0 Å². The first-order valence-electron chi connectivity index (χ1n) is 10.1. The number of rotatable bonds is 6. The van der Waals surface area contributed by atoms with E-state index >= 15 is 0 Å². The standard InChI is InChI=1S/C25H18Cl2N2O4/c1-2-15-7-13-18(14-8-15)29-23(30)21(27)22(24(29)31)28-17-11-9-16(10-12-17)25(32)33-20-6-4-3-5-19(20)26/h3-14,28H,2H2,1H3. The Hall–Kier alpha value is -3.61. The first-order chi connectivity index (χ1) is 15.9. The van der Waals surface area contributed by atoms with Gasteiger partial charge in [0, 0.05) is 5.69 Å². The number of amides is 2. The van der Waals surface area contributed by atoms with Crippen molar-refractivity contribution in [1.82, 2.24) is 0 Å². The number of halogens is 2. The second-order valence-corrected chi connectivity index (χ2v) is 7.96. The van der Waals surface area contributed by atoms with Crippen LogP contribution in [0.3, 0.4) is 0 Å². The Morgan fingerprint density at radius 1 is 0.909 bits per heavy atom. The SMILES string of the molecule is CCc1ccc(N2C(=O)C(Cl)=C(Nc3ccc(C(=O)Oc4ccccc4Cl)cc3)C2=O)cc1. The Labute approximate surface area is 200 Å². The van der Waals surface area contributed by atoms with Gasteiger partial charge < -0.3 is 10.1 Å². The molecule has 2 amide bonds. The van der Waals surface area contributed by atoms with Crippen molar-refractivity contribution in [3.8, 4) is 5.75 Å². The van der Waals surface area contributed by atoms with E-state index in [0.29, 0.717) is 16.4 Å². The summed E-state index contributed by atoms with van der Waals surface area (Å²) in [6, 6.07) is 20.0. The summed E-state index contributed by atoms with van der Waals surface area (Å²) in [6.45, 7) is 2.02. The Balaban J connectivity index is 1.48. The van der Waals surface area contributed by atoms with Crippen molar-refractivity contribution in [3.05, 3.63) is 99.7 Å². The van der Waals surface area contributed by atoms with E-state index in [1.807, 2.05) is 19.1 Å². The predicted molar refractivity (Wildman–Crippen MR) is 128 cm³/mol. The zero-order chi connectivity index (χ0) is 23.5. The molecule has 1 aliphatic heterocycles. The predicted octanol–water partition coefficient (Wildman–Crippen LogP) is 5.56. The molecule has 4 rings (SSSR count). The van der Waals surface area contributed by atoms with E-state index in [1.165, 1.54) is 12.1 Å². The number of imide groups is 1. The van der Waals surface area contributed by atoms with Crippen molar-refractivity contribution >= 4 is 52.4 Å². The van der Waals surface area contributed by atoms with Crippen LogP contribution in [0.2, 0.25) is 5.02 Å². The lowest BCUT2D eigenvalue weighted by molar-refractivity contribution is -0.120. The molecule has 0 aromatic heterocycles. The Kier molecular flexibility index (Phi) is 6.49. The summed E-state index contributed by atoms with van der Waals surface area (Å²) >= 11 is 12.2. The van der Waals surface area contributed by atoms with Gasteiger partial charge >= 0.3 is 5.97 Å². The van der Waals surface area contributed by atoms with Crippen LogP contribution < -0.4 is 15.0 Å². The second kappa shape index (κ2) is 9.48. The smallest absolute Gasteiger partial charge is 0.343 e. The van der Waals surface area contributed by atoms with E-state index < -0.39 is 17.8 Å². The van der Waals surface area contributed by atoms with Gasteiger partial charge in [-0.25, -0.2) is 9.69 Å². The molecule has 6 nitrogen and oxygen atoms in total. The van der Waals surface area contributed by atoms with E-state index in [9.17, 15) is 14.4 Å². The molecular weight excluding hydrogens is 463 g/mol. The van der Waals surface area contributed by atoms with Gasteiger partial charge in [0.1, 0.15) is 16.5 Å². The topological polar surface area (TPSA) is 75.7 Å². The van der Waals surface area contributed by atoms with Crippen molar-refractivity contribution in [2.75, 3.05) is 10.2 Å². The van der Waals surface area contributed by atoms with Crippen molar-refractivity contribution in [2.24, 2.45) is 0 Å². The first-order valence-corrected chi connectivity index (χ1v) is 10.9. The third-order valence-electron chi connectivity index (χ3n) is 5.06. The van der Waals surface area contributed by atoms with Crippen LogP contribution in [0.1, 0.15) is 22.8 Å². The molecule has 0 bridgehead atoms. The fourth-order valence-corrected chi connectivity index (χ4v) is 3.63. The molecule has 0 aliphatic carbocycles. The average molecular weight is 481 g/mol. The summed E-state index contributed by atoms with van der Waals surface area (Å²) in [4.78, 5) is 38.9. The Morgan fingerprint density at radius 3 is 2.21 bits per heavy atom. The number of hydrogen-bond donors (Lipinski definition) is 1. The summed E-state index contributed by atoms with van der Waals surface area (Å²) in [7, 11) is 0. The molecule has 0 unspecified atom stereocenters. The Morgan fingerprint density at radius 2 is 1.58 bits per heavy atom. The number of anilines is 2. The third kappa shape index (κ3) is 4.62. The maximum absolute atomic E-state index is 12.9. The normalized spacial score (nSPS) is 13.5. The molecule has 3 aromatic carbocycles. The summed E-state index contributed by atoms with van der Waals surface area (Å²) in [5.41, 5.74) is 2.25. The molecule has 1 N–H and O–H groups in total. The number of para-hydroxylation sites is 1. The van der Waals surface area contributed by atoms with Crippen LogP contribution in [0, 0.1) is 0 Å². The summed E-state index contributed by atoms with van der Waals surface area (Å²) < 4.78 is 5.31. The zero-order valence-electron chi connectivity index (χ0n) is 17.5. The zero-order valence-corrected chi connectivity index (χ0v) is 19.0. The third-order valence-corrected chi connectivity index (χ3v) is 5.72. The van der Waals surface area contributed by atoms with Gasteiger partial charge in [0.25, 0.3) is 11.8 Å². The molecule has 0 saturated carbocycles. The molecule has 33 heavy (non-hydrogen) atoms. The molecule has 0 spiro atoms. The number of benzene rings is 3. The number of hydrogen-bond acceptors (Lipinski definition) is 5. The second-order valence-electron chi connectivity index (χ2n) is 7.18. The molecule has 166 valence electrons. The largest absolute Gasteiger partial charge is 0.421 e. The van der Waals surface area contributed by atoms with E-state index in [2.05, 4.69) is 5.32 Å². The van der Waals surface area contributed by atoms with Crippen LogP contribution in [0.25, 0.3) is 0 Å². The molecule has 1 heterocycles. The van der Waals surface area contributed by atoms with Gasteiger partial charge in [-0.05, 0) is 60.5 Å². The number of carbonyl (C=O) groups excluding carboxylic acids is 3. The molecule has 3 aromatic rings. The molecule has 0 atom stereocenters. The quantitative estimate of drug-likeness (QED) is 0.284. The van der Waals surface area contributed by atoms with Gasteiger partial charge in [-0.3, -0.25) is 9.59 Å². The monoisotopic (exact) mass is 480 g/mol. The highest BCUT2D eigenvalue weighted by atomic mass is 35.5. The molecule has 0 saturated heterocycles. The van der Waals surface area contributed by atoms with Gasteiger partial charge in [0.15, 0.2) is 0 Å². The fourth-order valence-electron chi connectivity index (χ4n) is 3.25. The maximum atomic E-state index is 12.9. The minimum atomic E-state index is -0.603. The van der Waals surface area contributed by atoms with Crippen LogP contribution in [0.15, 0.2) is 83.5 Å². The minimum Gasteiger partial charge on any atom is -0.421 e. The number of aryl methyl sites for hydroxylation is 1. The number of ether oxygens (including phenoxy) is 1. The van der Waals surface area contributed by atoms with E-state index in [1.54, 1.807) is 48.5 Å². The lowest BCUT2D eigenvalue weighted by atomic mass is 10.1. The molecule has 0 radical (unpaired) electrons. The van der Waals surface area contributed by atoms with Gasteiger partial charge in [0.2, 0.25) is 0 Å². The summed E-state index contributed by atoms with van der Waals surface area (Å²) in [5.74, 6) is -1.49. The maximum Gasteiger partial charge on any atom is 0.343 e. The van der Waals surface area contributed by atoms with Gasteiger partial charge in [-0.2, -0.15) is 0 Å². The highest BCUT2D eigenvalue weighted by Gasteiger charge is 2.38. The van der Waals surface area contributed by atoms with E-state index in [-0.39, 0.29) is 22.0 Å². The number of esters is 1. The van der Waals surface area contributed by atoms with Crippen molar-refractivity contribution < 1.29 is 19.1 Å². The molecular formula is C25H18Cl2N2O4. The van der Waals surface area contributed by atoms with Gasteiger partial charge in [-0.15, -0.1) is 0 Å². The van der Waals surface area contributed by atoms with E-state index in [0.717, 1.165) is 16.9 Å².